The molecule has 0 heteroatoms. The van der Waals surface area contributed by atoms with Gasteiger partial charge in [-0.1, -0.05) is 26.2 Å². The van der Waals surface area contributed by atoms with E-state index in [-0.39, 0.29) is 0 Å². The third-order valence-electron chi connectivity index (χ3n) is 2.53. The Morgan fingerprint density at radius 3 is 2.64 bits per heavy atom. The van der Waals surface area contributed by atoms with Crippen LogP contribution in [0.2, 0.25) is 0 Å². The van der Waals surface area contributed by atoms with Gasteiger partial charge in [-0.05, 0) is 25.7 Å². The molecule has 1 aliphatic rings. The maximum Gasteiger partial charge on any atom is 0.0205 e. The minimum atomic E-state index is 0.706. The van der Waals surface area contributed by atoms with E-state index >= 15 is 0 Å². The Kier molecular flexibility index (Phi) is 3.49. The molecule has 0 aromatic rings. The third kappa shape index (κ3) is 2.97. The lowest BCUT2D eigenvalue weighted by atomic mass is 9.95. The van der Waals surface area contributed by atoms with Crippen molar-refractivity contribution < 1.29 is 0 Å². The topological polar surface area (TPSA) is 0 Å². The van der Waals surface area contributed by atoms with Crippen molar-refractivity contribution in [2.24, 2.45) is 11.8 Å². The minimum absolute atomic E-state index is 0.706. The second-order valence-corrected chi connectivity index (χ2v) is 3.72. The lowest BCUT2D eigenvalue weighted by molar-refractivity contribution is 0.462. The van der Waals surface area contributed by atoms with Crippen LogP contribution < -0.4 is 0 Å². The fourth-order valence-corrected chi connectivity index (χ4v) is 1.94. The Bertz CT molecular complexity index is 159. The average molecular weight is 150 g/mol. The van der Waals surface area contributed by atoms with Crippen LogP contribution in [-0.2, 0) is 0 Å². The highest BCUT2D eigenvalue weighted by Gasteiger charge is 2.14. The summed E-state index contributed by atoms with van der Waals surface area (Å²) < 4.78 is 0. The molecule has 0 aromatic heterocycles. The second-order valence-electron chi connectivity index (χ2n) is 3.72. The smallest absolute Gasteiger partial charge is 0.0205 e. The van der Waals surface area contributed by atoms with Crippen LogP contribution in [0.3, 0.4) is 0 Å². The molecule has 0 N–H and O–H groups in total. The Labute approximate surface area is 70.4 Å². The van der Waals surface area contributed by atoms with Gasteiger partial charge in [-0.25, -0.2) is 0 Å². The fourth-order valence-electron chi connectivity index (χ4n) is 1.94. The zero-order valence-electron chi connectivity index (χ0n) is 7.69. The van der Waals surface area contributed by atoms with Gasteiger partial charge in [0.2, 0.25) is 0 Å². The van der Waals surface area contributed by atoms with Crippen LogP contribution in [0, 0.1) is 23.7 Å². The first-order chi connectivity index (χ1) is 5.33. The van der Waals surface area contributed by atoms with Crippen molar-refractivity contribution in [2.45, 2.75) is 46.0 Å². The van der Waals surface area contributed by atoms with E-state index in [1.165, 1.54) is 32.1 Å². The molecule has 0 bridgehead atoms. The van der Waals surface area contributed by atoms with E-state index in [4.69, 9.17) is 0 Å². The van der Waals surface area contributed by atoms with Crippen LogP contribution in [0.15, 0.2) is 0 Å². The molecular formula is C11H18. The molecule has 1 fully saturated rings. The second kappa shape index (κ2) is 4.44. The van der Waals surface area contributed by atoms with Gasteiger partial charge in [-0.2, -0.15) is 0 Å². The van der Waals surface area contributed by atoms with E-state index < -0.39 is 0 Å². The van der Waals surface area contributed by atoms with Gasteiger partial charge in [0.05, 0.1) is 0 Å². The molecule has 0 aromatic carbocycles. The molecule has 1 aliphatic carbocycles. The van der Waals surface area contributed by atoms with Crippen molar-refractivity contribution >= 4 is 0 Å². The normalized spacial score (nSPS) is 31.8. The molecule has 2 unspecified atom stereocenters. The summed E-state index contributed by atoms with van der Waals surface area (Å²) in [6.45, 7) is 4.31. The lowest BCUT2D eigenvalue weighted by Crippen LogP contribution is -2.00. The van der Waals surface area contributed by atoms with Crippen LogP contribution >= 0.6 is 0 Å². The van der Waals surface area contributed by atoms with Crippen molar-refractivity contribution in [1.82, 2.24) is 0 Å². The van der Waals surface area contributed by atoms with Gasteiger partial charge in [-0.3, -0.25) is 0 Å². The summed E-state index contributed by atoms with van der Waals surface area (Å²) in [7, 11) is 0. The maximum atomic E-state index is 3.30. The maximum absolute atomic E-state index is 3.30. The first kappa shape index (κ1) is 8.65. The van der Waals surface area contributed by atoms with Crippen LogP contribution in [-0.4, -0.2) is 0 Å². The summed E-state index contributed by atoms with van der Waals surface area (Å²) in [5, 5.41) is 0. The molecule has 0 amide bonds. The van der Waals surface area contributed by atoms with E-state index in [0.29, 0.717) is 5.92 Å². The third-order valence-corrected chi connectivity index (χ3v) is 2.53. The van der Waals surface area contributed by atoms with Crippen molar-refractivity contribution in [3.63, 3.8) is 0 Å². The van der Waals surface area contributed by atoms with Gasteiger partial charge >= 0.3 is 0 Å². The Hall–Kier alpha value is -0.440. The quantitative estimate of drug-likeness (QED) is 0.367. The molecule has 0 heterocycles. The van der Waals surface area contributed by atoms with Crippen molar-refractivity contribution in [2.75, 3.05) is 0 Å². The number of hydrogen-bond donors (Lipinski definition) is 0. The van der Waals surface area contributed by atoms with Gasteiger partial charge in [0.15, 0.2) is 0 Å². The first-order valence-corrected chi connectivity index (χ1v) is 4.75. The summed E-state index contributed by atoms with van der Waals surface area (Å²) in [4.78, 5) is 0. The van der Waals surface area contributed by atoms with Gasteiger partial charge in [-0.15, -0.1) is 11.8 Å². The molecule has 0 spiro atoms. The predicted molar refractivity (Wildman–Crippen MR) is 49.2 cm³/mol. The highest BCUT2D eigenvalue weighted by Crippen LogP contribution is 2.26. The van der Waals surface area contributed by atoms with Crippen LogP contribution in [0.25, 0.3) is 0 Å². The Morgan fingerprint density at radius 1 is 1.18 bits per heavy atom. The van der Waals surface area contributed by atoms with E-state index in [2.05, 4.69) is 18.8 Å². The van der Waals surface area contributed by atoms with Crippen molar-refractivity contribution in [3.8, 4) is 11.8 Å². The molecule has 1 rings (SSSR count). The first-order valence-electron chi connectivity index (χ1n) is 4.75. The van der Waals surface area contributed by atoms with E-state index in [1.807, 2.05) is 6.92 Å². The average Bonchev–Trinajstić information content (AvgIpc) is 2.15. The number of hydrogen-bond acceptors (Lipinski definition) is 0. The highest BCUT2D eigenvalue weighted by molar-refractivity contribution is 5.01. The highest BCUT2D eigenvalue weighted by atomic mass is 14.2. The molecule has 1 saturated carbocycles. The largest absolute Gasteiger partial charge is 0.106 e. The summed E-state index contributed by atoms with van der Waals surface area (Å²) in [5.74, 6) is 7.95. The van der Waals surface area contributed by atoms with E-state index in [1.54, 1.807) is 0 Å². The zero-order chi connectivity index (χ0) is 8.10. The summed E-state index contributed by atoms with van der Waals surface area (Å²) in [6, 6.07) is 0. The van der Waals surface area contributed by atoms with Crippen LogP contribution in [0.1, 0.15) is 46.0 Å². The standard InChI is InChI=1S/C11H18/c1-3-6-11-8-5-4-7-10(2)9-11/h10-11H,4-5,7-9H2,1-2H3. The van der Waals surface area contributed by atoms with Gasteiger partial charge < -0.3 is 0 Å². The Balaban J connectivity index is 2.43. The summed E-state index contributed by atoms with van der Waals surface area (Å²) in [5.41, 5.74) is 0. The van der Waals surface area contributed by atoms with Gasteiger partial charge in [0, 0.05) is 5.92 Å². The van der Waals surface area contributed by atoms with Crippen molar-refractivity contribution in [3.05, 3.63) is 0 Å². The van der Waals surface area contributed by atoms with Crippen molar-refractivity contribution in [1.29, 1.82) is 0 Å². The minimum Gasteiger partial charge on any atom is -0.106 e. The SMILES string of the molecule is CC#CC1CCCCC(C)C1. The van der Waals surface area contributed by atoms with Gasteiger partial charge in [0.25, 0.3) is 0 Å². The molecule has 0 nitrogen and oxygen atoms in total. The molecule has 62 valence electrons. The van der Waals surface area contributed by atoms with E-state index in [9.17, 15) is 0 Å². The van der Waals surface area contributed by atoms with Gasteiger partial charge in [0.1, 0.15) is 0 Å². The molecule has 2 atom stereocenters. The monoisotopic (exact) mass is 150 g/mol. The van der Waals surface area contributed by atoms with Crippen LogP contribution in [0.4, 0.5) is 0 Å². The molecule has 0 aliphatic heterocycles. The summed E-state index contributed by atoms with van der Waals surface area (Å²) in [6.07, 6.45) is 6.90. The number of rotatable bonds is 0. The zero-order valence-corrected chi connectivity index (χ0v) is 7.69. The predicted octanol–water partition coefficient (Wildman–Crippen LogP) is 3.23. The fraction of sp³-hybridized carbons (Fsp3) is 0.818. The molecule has 0 saturated heterocycles. The molecule has 0 radical (unpaired) electrons. The molecular weight excluding hydrogens is 132 g/mol. The molecule has 11 heavy (non-hydrogen) atoms. The lowest BCUT2D eigenvalue weighted by Gasteiger charge is -2.09. The Morgan fingerprint density at radius 2 is 1.91 bits per heavy atom. The van der Waals surface area contributed by atoms with Crippen LogP contribution in [0.5, 0.6) is 0 Å². The summed E-state index contributed by atoms with van der Waals surface area (Å²) >= 11 is 0. The van der Waals surface area contributed by atoms with E-state index in [0.717, 1.165) is 5.92 Å².